The summed E-state index contributed by atoms with van der Waals surface area (Å²) >= 11 is 0. The quantitative estimate of drug-likeness (QED) is 0.548. The smallest absolute Gasteiger partial charge is 0.129 e. The first-order chi connectivity index (χ1) is 6.83. The lowest BCUT2D eigenvalue weighted by Gasteiger charge is -2.27. The lowest BCUT2D eigenvalue weighted by Crippen LogP contribution is -2.70. The first-order valence-corrected chi connectivity index (χ1v) is 5.13. The fourth-order valence-electron chi connectivity index (χ4n) is 1.97. The summed E-state index contributed by atoms with van der Waals surface area (Å²) in [5.41, 5.74) is 4.45. The first-order valence-electron chi connectivity index (χ1n) is 5.13. The molecule has 15 heavy (non-hydrogen) atoms. The molecule has 0 spiro atoms. The summed E-state index contributed by atoms with van der Waals surface area (Å²) in [6.07, 6.45) is 1.07. The van der Waals surface area contributed by atoms with Crippen LogP contribution in [0.2, 0.25) is 0 Å². The van der Waals surface area contributed by atoms with Gasteiger partial charge in [-0.3, -0.25) is 4.90 Å². The van der Waals surface area contributed by atoms with Gasteiger partial charge in [0.2, 0.25) is 0 Å². The lowest BCUT2D eigenvalue weighted by atomic mass is 9.99. The molecule has 4 nitrogen and oxygen atoms in total. The van der Waals surface area contributed by atoms with E-state index in [-0.39, 0.29) is 5.48 Å². The molecule has 4 N–H and O–H groups in total. The normalized spacial score (nSPS) is 15.6. The lowest BCUT2D eigenvalue weighted by molar-refractivity contribution is -0.497. The summed E-state index contributed by atoms with van der Waals surface area (Å²) in [4.78, 5) is 2.42. The van der Waals surface area contributed by atoms with Crippen LogP contribution in [0.25, 0.3) is 0 Å². The molecular weight excluding hydrogens is 192 g/mol. The van der Waals surface area contributed by atoms with Gasteiger partial charge in [-0.15, -0.1) is 0 Å². The van der Waals surface area contributed by atoms with E-state index in [9.17, 15) is 5.21 Å². The molecule has 1 aliphatic rings. The molecular formula is C11H18N2O2. The van der Waals surface area contributed by atoms with Crippen molar-refractivity contribution < 1.29 is 11.0 Å². The maximum atomic E-state index is 10.6. The van der Waals surface area contributed by atoms with Crippen molar-refractivity contribution in [1.29, 1.82) is 0 Å². The summed E-state index contributed by atoms with van der Waals surface area (Å²) in [5.74, 6) is 0. The van der Waals surface area contributed by atoms with Gasteiger partial charge in [-0.1, -0.05) is 13.0 Å². The van der Waals surface area contributed by atoms with E-state index in [4.69, 9.17) is 0 Å². The molecule has 1 heterocycles. The minimum Gasteiger partial charge on any atom is -0.630 e. The molecule has 2 rings (SSSR count). The molecule has 0 fully saturated rings. The molecule has 1 aromatic rings. The van der Waals surface area contributed by atoms with Crippen molar-refractivity contribution in [3.05, 3.63) is 34.5 Å². The first kappa shape index (κ1) is 12.1. The van der Waals surface area contributed by atoms with Gasteiger partial charge in [-0.2, -0.15) is 0 Å². The van der Waals surface area contributed by atoms with Crippen LogP contribution in [0.1, 0.15) is 18.1 Å². The molecule has 1 aliphatic heterocycles. The summed E-state index contributed by atoms with van der Waals surface area (Å²) < 4.78 is 0. The zero-order chi connectivity index (χ0) is 9.97. The Kier molecular flexibility index (Phi) is 4.23. The maximum absolute atomic E-state index is 10.6. The molecule has 0 atom stereocenters. The largest absolute Gasteiger partial charge is 0.630 e. The Bertz CT molecular complexity index is 328. The van der Waals surface area contributed by atoms with E-state index in [0.29, 0.717) is 0 Å². The summed E-state index contributed by atoms with van der Waals surface area (Å²) in [7, 11) is 0. The molecule has 0 saturated heterocycles. The van der Waals surface area contributed by atoms with Gasteiger partial charge in [0, 0.05) is 19.2 Å². The fraction of sp³-hybridized carbons (Fsp3) is 0.455. The van der Waals surface area contributed by atoms with Gasteiger partial charge in [0.1, 0.15) is 5.69 Å². The van der Waals surface area contributed by atoms with Gasteiger partial charge in [0.05, 0.1) is 0 Å². The topological polar surface area (TPSA) is 74.4 Å². The van der Waals surface area contributed by atoms with Crippen molar-refractivity contribution in [2.45, 2.75) is 19.9 Å². The third-order valence-corrected chi connectivity index (χ3v) is 2.90. The Hall–Kier alpha value is -0.940. The number of quaternary nitrogens is 1. The third-order valence-electron chi connectivity index (χ3n) is 2.90. The molecule has 0 aromatic heterocycles. The minimum atomic E-state index is 0. The van der Waals surface area contributed by atoms with Gasteiger partial charge in [-0.25, -0.2) is 0 Å². The molecule has 0 aliphatic carbocycles. The summed E-state index contributed by atoms with van der Waals surface area (Å²) in [6, 6.07) is 6.02. The van der Waals surface area contributed by atoms with Gasteiger partial charge in [0.15, 0.2) is 0 Å². The number of hydrogen-bond donors (Lipinski definition) is 1. The maximum Gasteiger partial charge on any atom is 0.129 e. The van der Waals surface area contributed by atoms with E-state index >= 15 is 0 Å². The monoisotopic (exact) mass is 210 g/mol. The van der Waals surface area contributed by atoms with E-state index < -0.39 is 0 Å². The minimum absolute atomic E-state index is 0. The fourth-order valence-corrected chi connectivity index (χ4v) is 1.97. The second-order valence-corrected chi connectivity index (χ2v) is 3.76. The van der Waals surface area contributed by atoms with Crippen molar-refractivity contribution in [2.75, 3.05) is 13.1 Å². The van der Waals surface area contributed by atoms with Crippen LogP contribution in [-0.4, -0.2) is 23.5 Å². The second kappa shape index (κ2) is 5.23. The number of nitrogens with two attached hydrogens (primary N) is 1. The number of nitrogens with zero attached hydrogens (tertiary/aromatic N) is 1. The van der Waals surface area contributed by atoms with E-state index in [2.05, 4.69) is 17.9 Å². The Morgan fingerprint density at radius 2 is 2.20 bits per heavy atom. The molecule has 84 valence electrons. The van der Waals surface area contributed by atoms with Crippen LogP contribution in [0.5, 0.6) is 0 Å². The second-order valence-electron chi connectivity index (χ2n) is 3.76. The van der Waals surface area contributed by atoms with Crippen molar-refractivity contribution in [1.82, 2.24) is 4.90 Å². The highest BCUT2D eigenvalue weighted by Gasteiger charge is 2.14. The van der Waals surface area contributed by atoms with Crippen molar-refractivity contribution in [3.63, 3.8) is 0 Å². The number of hydrogen-bond acceptors (Lipinski definition) is 2. The van der Waals surface area contributed by atoms with Crippen molar-refractivity contribution in [3.8, 4) is 0 Å². The van der Waals surface area contributed by atoms with Crippen molar-refractivity contribution >= 4 is 5.69 Å². The highest BCUT2D eigenvalue weighted by Crippen LogP contribution is 2.20. The number of likely N-dealkylation sites (N-methyl/N-ethyl adjacent to an activating group) is 1. The van der Waals surface area contributed by atoms with Crippen LogP contribution in [0.3, 0.4) is 0 Å². The number of fused-ring (bicyclic) bond motifs is 1. The van der Waals surface area contributed by atoms with E-state index in [1.165, 1.54) is 11.1 Å². The molecule has 1 aromatic carbocycles. The highest BCUT2D eigenvalue weighted by atomic mass is 16.5. The zero-order valence-electron chi connectivity index (χ0n) is 8.99. The van der Waals surface area contributed by atoms with Gasteiger partial charge >= 0.3 is 0 Å². The average molecular weight is 210 g/mol. The molecule has 0 amide bonds. The van der Waals surface area contributed by atoms with Crippen LogP contribution in [0, 0.1) is 5.21 Å². The number of benzene rings is 1. The Morgan fingerprint density at radius 1 is 1.40 bits per heavy atom. The average Bonchev–Trinajstić information content (AvgIpc) is 2.27. The van der Waals surface area contributed by atoms with E-state index in [0.717, 1.165) is 37.2 Å². The van der Waals surface area contributed by atoms with E-state index in [1.807, 2.05) is 12.1 Å². The summed E-state index contributed by atoms with van der Waals surface area (Å²) in [5, 5.41) is 10.6. The Morgan fingerprint density at radius 3 is 2.87 bits per heavy atom. The Balaban J connectivity index is 0.00000112. The molecule has 4 heteroatoms. The van der Waals surface area contributed by atoms with E-state index in [1.54, 1.807) is 0 Å². The molecule has 0 saturated carbocycles. The van der Waals surface area contributed by atoms with Crippen LogP contribution in [0.15, 0.2) is 18.2 Å². The predicted molar refractivity (Wildman–Crippen MR) is 59.7 cm³/mol. The van der Waals surface area contributed by atoms with Crippen LogP contribution in [-0.2, 0) is 13.0 Å². The molecule has 0 unspecified atom stereocenters. The van der Waals surface area contributed by atoms with Crippen LogP contribution >= 0.6 is 0 Å². The predicted octanol–water partition coefficient (Wildman–Crippen LogP) is -0.0674. The van der Waals surface area contributed by atoms with Gasteiger partial charge in [0.25, 0.3) is 0 Å². The van der Waals surface area contributed by atoms with Crippen molar-refractivity contribution in [2.24, 2.45) is 0 Å². The highest BCUT2D eigenvalue weighted by molar-refractivity contribution is 5.40. The SMILES string of the molecule is CCN1CCc2cc([NH2+][O-])ccc2C1.O. The van der Waals surface area contributed by atoms with Gasteiger partial charge < -0.3 is 16.2 Å². The van der Waals surface area contributed by atoms with Crippen LogP contribution in [0.4, 0.5) is 5.69 Å². The Labute approximate surface area is 89.8 Å². The molecule has 0 bridgehead atoms. The standard InChI is InChI=1S/C11H16N2O.H2O/c1-2-13-6-5-9-7-11(12-14)4-3-10(9)8-13;/h3-4,7H,2,5-6,8,12H2,1H3;1H2. The zero-order valence-corrected chi connectivity index (χ0v) is 8.99. The molecule has 0 radical (unpaired) electrons. The van der Waals surface area contributed by atoms with Gasteiger partial charge in [-0.05, 0) is 30.2 Å². The number of rotatable bonds is 2. The third kappa shape index (κ3) is 2.54. The van der Waals surface area contributed by atoms with Crippen LogP contribution < -0.4 is 5.48 Å². The summed E-state index contributed by atoms with van der Waals surface area (Å²) in [6.45, 7) is 5.44.